The maximum absolute atomic E-state index is 11.6. The normalized spacial score (nSPS) is 10.1. The highest BCUT2D eigenvalue weighted by Gasteiger charge is 2.02. The van der Waals surface area contributed by atoms with Gasteiger partial charge in [-0.2, -0.15) is 0 Å². The number of hydrogen-bond donors (Lipinski definition) is 1. The van der Waals surface area contributed by atoms with E-state index in [2.05, 4.69) is 5.32 Å². The van der Waals surface area contributed by atoms with Crippen LogP contribution < -0.4 is 5.32 Å². The predicted molar refractivity (Wildman–Crippen MR) is 65.6 cm³/mol. The molecular formula is C14H15NO2. The molecule has 0 spiro atoms. The van der Waals surface area contributed by atoms with Gasteiger partial charge in [-0.3, -0.25) is 4.79 Å². The minimum atomic E-state index is 0.0442. The van der Waals surface area contributed by atoms with Crippen LogP contribution in [0.1, 0.15) is 11.3 Å². The second-order valence-electron chi connectivity index (χ2n) is 3.84. The molecule has 88 valence electrons. The predicted octanol–water partition coefficient (Wildman–Crippen LogP) is 2.18. The van der Waals surface area contributed by atoms with Gasteiger partial charge in [0.15, 0.2) is 0 Å². The van der Waals surface area contributed by atoms with Gasteiger partial charge in [0.1, 0.15) is 5.76 Å². The summed E-state index contributed by atoms with van der Waals surface area (Å²) in [6.45, 7) is 0.610. The summed E-state index contributed by atoms with van der Waals surface area (Å²) in [4.78, 5) is 11.6. The molecular weight excluding hydrogens is 214 g/mol. The lowest BCUT2D eigenvalue weighted by Gasteiger charge is -2.03. The van der Waals surface area contributed by atoms with Crippen molar-refractivity contribution < 1.29 is 9.21 Å². The standard InChI is InChI=1S/C14H15NO2/c16-14(11-12-5-2-1-3-6-12)15-9-8-13-7-4-10-17-13/h1-7,10H,8-9,11H2,(H,15,16). The Balaban J connectivity index is 1.71. The molecule has 0 aliphatic heterocycles. The zero-order chi connectivity index (χ0) is 11.9. The second-order valence-corrected chi connectivity index (χ2v) is 3.84. The Morgan fingerprint density at radius 1 is 1.12 bits per heavy atom. The van der Waals surface area contributed by atoms with Crippen molar-refractivity contribution in [3.05, 3.63) is 60.1 Å². The van der Waals surface area contributed by atoms with Gasteiger partial charge in [0.2, 0.25) is 5.91 Å². The third kappa shape index (κ3) is 3.79. The Hall–Kier alpha value is -2.03. The number of furan rings is 1. The first kappa shape index (κ1) is 11.5. The number of hydrogen-bond acceptors (Lipinski definition) is 2. The van der Waals surface area contributed by atoms with Gasteiger partial charge in [-0.1, -0.05) is 30.3 Å². The number of carbonyl (C=O) groups excluding carboxylic acids is 1. The minimum absolute atomic E-state index is 0.0442. The first-order valence-electron chi connectivity index (χ1n) is 5.67. The van der Waals surface area contributed by atoms with Crippen LogP contribution >= 0.6 is 0 Å². The summed E-state index contributed by atoms with van der Waals surface area (Å²) < 4.78 is 5.18. The molecule has 1 heterocycles. The van der Waals surface area contributed by atoms with Crippen molar-refractivity contribution >= 4 is 5.91 Å². The van der Waals surface area contributed by atoms with Gasteiger partial charge in [0.25, 0.3) is 0 Å². The zero-order valence-electron chi connectivity index (χ0n) is 9.56. The fourth-order valence-electron chi connectivity index (χ4n) is 1.62. The molecule has 0 aliphatic carbocycles. The van der Waals surface area contributed by atoms with Gasteiger partial charge in [-0.25, -0.2) is 0 Å². The molecule has 0 unspecified atom stereocenters. The maximum atomic E-state index is 11.6. The smallest absolute Gasteiger partial charge is 0.224 e. The average Bonchev–Trinajstić information content (AvgIpc) is 2.83. The van der Waals surface area contributed by atoms with E-state index in [4.69, 9.17) is 4.42 Å². The van der Waals surface area contributed by atoms with E-state index < -0.39 is 0 Å². The summed E-state index contributed by atoms with van der Waals surface area (Å²) in [6.07, 6.45) is 2.80. The van der Waals surface area contributed by atoms with Gasteiger partial charge in [0, 0.05) is 13.0 Å². The average molecular weight is 229 g/mol. The summed E-state index contributed by atoms with van der Waals surface area (Å²) in [5, 5.41) is 2.87. The van der Waals surface area contributed by atoms with Crippen LogP contribution in [-0.4, -0.2) is 12.5 Å². The van der Waals surface area contributed by atoms with E-state index >= 15 is 0 Å². The molecule has 0 saturated heterocycles. The Morgan fingerprint density at radius 3 is 2.65 bits per heavy atom. The first-order chi connectivity index (χ1) is 8.34. The van der Waals surface area contributed by atoms with Gasteiger partial charge in [-0.15, -0.1) is 0 Å². The molecule has 1 amide bonds. The van der Waals surface area contributed by atoms with E-state index in [1.165, 1.54) is 0 Å². The van der Waals surface area contributed by atoms with Crippen molar-refractivity contribution in [2.24, 2.45) is 0 Å². The van der Waals surface area contributed by atoms with Crippen molar-refractivity contribution in [3.63, 3.8) is 0 Å². The van der Waals surface area contributed by atoms with Gasteiger partial charge in [0.05, 0.1) is 12.7 Å². The summed E-state index contributed by atoms with van der Waals surface area (Å²) in [5.41, 5.74) is 1.03. The molecule has 0 radical (unpaired) electrons. The van der Waals surface area contributed by atoms with Crippen LogP contribution in [0.2, 0.25) is 0 Å². The van der Waals surface area contributed by atoms with Crippen LogP contribution in [-0.2, 0) is 17.6 Å². The third-order valence-electron chi connectivity index (χ3n) is 2.48. The molecule has 2 aromatic rings. The number of amides is 1. The van der Waals surface area contributed by atoms with Gasteiger partial charge in [-0.05, 0) is 17.7 Å². The van der Waals surface area contributed by atoms with Crippen LogP contribution in [0, 0.1) is 0 Å². The molecule has 0 atom stereocenters. The molecule has 17 heavy (non-hydrogen) atoms. The van der Waals surface area contributed by atoms with Crippen molar-refractivity contribution in [1.29, 1.82) is 0 Å². The quantitative estimate of drug-likeness (QED) is 0.853. The monoisotopic (exact) mass is 229 g/mol. The summed E-state index contributed by atoms with van der Waals surface area (Å²) in [6, 6.07) is 13.5. The van der Waals surface area contributed by atoms with Gasteiger partial charge < -0.3 is 9.73 Å². The molecule has 0 bridgehead atoms. The lowest BCUT2D eigenvalue weighted by atomic mass is 10.1. The van der Waals surface area contributed by atoms with Crippen LogP contribution in [0.15, 0.2) is 53.1 Å². The second kappa shape index (κ2) is 5.89. The number of carbonyl (C=O) groups is 1. The van der Waals surface area contributed by atoms with Crippen LogP contribution in [0.25, 0.3) is 0 Å². The highest BCUT2D eigenvalue weighted by atomic mass is 16.3. The number of rotatable bonds is 5. The molecule has 0 saturated carbocycles. The lowest BCUT2D eigenvalue weighted by Crippen LogP contribution is -2.27. The molecule has 0 aliphatic rings. The summed E-state index contributed by atoms with van der Waals surface area (Å²) >= 11 is 0. The van der Waals surface area contributed by atoms with Crippen LogP contribution in [0.3, 0.4) is 0 Å². The lowest BCUT2D eigenvalue weighted by molar-refractivity contribution is -0.120. The Bertz CT molecular complexity index is 448. The summed E-state index contributed by atoms with van der Waals surface area (Å²) in [5.74, 6) is 0.938. The van der Waals surface area contributed by atoms with E-state index in [9.17, 15) is 4.79 Å². The molecule has 3 nitrogen and oxygen atoms in total. The minimum Gasteiger partial charge on any atom is -0.469 e. The zero-order valence-corrected chi connectivity index (χ0v) is 9.56. The van der Waals surface area contributed by atoms with E-state index in [-0.39, 0.29) is 5.91 Å². The highest BCUT2D eigenvalue weighted by Crippen LogP contribution is 2.01. The van der Waals surface area contributed by atoms with E-state index in [0.717, 1.165) is 17.7 Å². The first-order valence-corrected chi connectivity index (χ1v) is 5.67. The molecule has 1 N–H and O–H groups in total. The fraction of sp³-hybridized carbons (Fsp3) is 0.214. The van der Waals surface area contributed by atoms with E-state index in [0.29, 0.717) is 13.0 Å². The third-order valence-corrected chi connectivity index (χ3v) is 2.48. The SMILES string of the molecule is O=C(Cc1ccccc1)NCCc1ccco1. The number of benzene rings is 1. The van der Waals surface area contributed by atoms with Gasteiger partial charge >= 0.3 is 0 Å². The molecule has 2 rings (SSSR count). The van der Waals surface area contributed by atoms with Crippen molar-refractivity contribution in [2.45, 2.75) is 12.8 Å². The fourth-order valence-corrected chi connectivity index (χ4v) is 1.62. The van der Waals surface area contributed by atoms with E-state index in [1.54, 1.807) is 6.26 Å². The Labute approximate surface area is 100 Å². The number of nitrogens with one attached hydrogen (secondary N) is 1. The van der Waals surface area contributed by atoms with Crippen LogP contribution in [0.4, 0.5) is 0 Å². The van der Waals surface area contributed by atoms with E-state index in [1.807, 2.05) is 42.5 Å². The largest absolute Gasteiger partial charge is 0.469 e. The Morgan fingerprint density at radius 2 is 1.94 bits per heavy atom. The molecule has 1 aromatic carbocycles. The highest BCUT2D eigenvalue weighted by molar-refractivity contribution is 5.78. The molecule has 0 fully saturated rings. The summed E-state index contributed by atoms with van der Waals surface area (Å²) in [7, 11) is 0. The van der Waals surface area contributed by atoms with Crippen molar-refractivity contribution in [1.82, 2.24) is 5.32 Å². The maximum Gasteiger partial charge on any atom is 0.224 e. The molecule has 3 heteroatoms. The van der Waals surface area contributed by atoms with Crippen molar-refractivity contribution in [2.75, 3.05) is 6.54 Å². The molecule has 1 aromatic heterocycles. The topological polar surface area (TPSA) is 42.2 Å². The van der Waals surface area contributed by atoms with Crippen LogP contribution in [0.5, 0.6) is 0 Å². The van der Waals surface area contributed by atoms with Crippen molar-refractivity contribution in [3.8, 4) is 0 Å². The Kier molecular flexibility index (Phi) is 3.97.